The van der Waals surface area contributed by atoms with E-state index in [1.807, 2.05) is 26.0 Å². The highest BCUT2D eigenvalue weighted by Gasteiger charge is 2.01. The molecule has 0 radical (unpaired) electrons. The third-order valence-electron chi connectivity index (χ3n) is 1.51. The Kier molecular flexibility index (Phi) is 2.37. The minimum absolute atomic E-state index is 0.856. The fourth-order valence-corrected chi connectivity index (χ4v) is 1.41. The average molecular weight is 220 g/mol. The molecular weight excluding hydrogens is 211 g/mol. The number of aryl methyl sites for hydroxylation is 1. The summed E-state index contributed by atoms with van der Waals surface area (Å²) >= 11 is 9.35. The summed E-state index contributed by atoms with van der Waals surface area (Å²) in [5.41, 5.74) is 2.24. The summed E-state index contributed by atoms with van der Waals surface area (Å²) in [6, 6.07) is 4.01. The van der Waals surface area contributed by atoms with Crippen molar-refractivity contribution in [1.29, 1.82) is 0 Å². The minimum Gasteiger partial charge on any atom is -0.0837 e. The van der Waals surface area contributed by atoms with Crippen LogP contribution in [0.5, 0.6) is 0 Å². The highest BCUT2D eigenvalue weighted by Crippen LogP contribution is 2.26. The molecule has 0 saturated heterocycles. The van der Waals surface area contributed by atoms with Crippen LogP contribution >= 0.6 is 27.5 Å². The maximum atomic E-state index is 5.95. The van der Waals surface area contributed by atoms with Crippen LogP contribution in [0.2, 0.25) is 5.02 Å². The van der Waals surface area contributed by atoms with Gasteiger partial charge in [0.15, 0.2) is 0 Å². The molecule has 0 aliphatic rings. The molecule has 0 atom stereocenters. The molecule has 0 aromatic heterocycles. The monoisotopic (exact) mass is 218 g/mol. The lowest BCUT2D eigenvalue weighted by molar-refractivity contribution is 1.36. The average Bonchev–Trinajstić information content (AvgIpc) is 1.93. The van der Waals surface area contributed by atoms with Gasteiger partial charge in [-0.05, 0) is 31.0 Å². The molecule has 0 fully saturated rings. The quantitative estimate of drug-likeness (QED) is 0.624. The second kappa shape index (κ2) is 2.93. The molecule has 0 spiro atoms. The molecule has 1 aromatic carbocycles. The van der Waals surface area contributed by atoms with Crippen molar-refractivity contribution in [2.75, 3.05) is 0 Å². The number of rotatable bonds is 0. The molecule has 0 saturated carbocycles. The Bertz CT molecular complexity index is 229. The Morgan fingerprint density at radius 3 is 2.40 bits per heavy atom. The van der Waals surface area contributed by atoms with E-state index in [9.17, 15) is 0 Å². The van der Waals surface area contributed by atoms with Crippen molar-refractivity contribution in [2.24, 2.45) is 0 Å². The van der Waals surface area contributed by atoms with Crippen LogP contribution in [0, 0.1) is 13.8 Å². The van der Waals surface area contributed by atoms with E-state index in [1.54, 1.807) is 0 Å². The second-order valence-corrected chi connectivity index (χ2v) is 3.54. The largest absolute Gasteiger partial charge is 0.0837 e. The zero-order valence-electron chi connectivity index (χ0n) is 5.91. The smallest absolute Gasteiger partial charge is 0.0475 e. The third-order valence-corrected chi connectivity index (χ3v) is 2.95. The van der Waals surface area contributed by atoms with Crippen molar-refractivity contribution in [3.05, 3.63) is 32.8 Å². The first-order chi connectivity index (χ1) is 4.63. The number of hydrogen-bond acceptors (Lipinski definition) is 0. The molecule has 0 nitrogen and oxygen atoms in total. The lowest BCUT2D eigenvalue weighted by Crippen LogP contribution is -1.81. The number of hydrogen-bond donors (Lipinski definition) is 0. The molecule has 0 bridgehead atoms. The molecule has 10 heavy (non-hydrogen) atoms. The molecule has 1 rings (SSSR count). The van der Waals surface area contributed by atoms with Crippen LogP contribution in [0.15, 0.2) is 16.6 Å². The fourth-order valence-electron chi connectivity index (χ4n) is 0.797. The number of halogens is 2. The highest BCUT2D eigenvalue weighted by molar-refractivity contribution is 9.10. The molecular formula is C8H8BrCl. The minimum atomic E-state index is 0.856. The molecule has 0 amide bonds. The van der Waals surface area contributed by atoms with E-state index in [4.69, 9.17) is 11.6 Å². The van der Waals surface area contributed by atoms with Crippen molar-refractivity contribution in [3.8, 4) is 0 Å². The van der Waals surface area contributed by atoms with E-state index in [0.29, 0.717) is 0 Å². The fraction of sp³-hybridized carbons (Fsp3) is 0.250. The summed E-state index contributed by atoms with van der Waals surface area (Å²) < 4.78 is 1.07. The standard InChI is InChI=1S/C8H8BrCl/c1-5-3-4-7(9)6(2)8(5)10/h3-4H,1-2H3. The van der Waals surface area contributed by atoms with Crippen LogP contribution in [0.25, 0.3) is 0 Å². The Morgan fingerprint density at radius 1 is 1.30 bits per heavy atom. The van der Waals surface area contributed by atoms with Gasteiger partial charge in [-0.2, -0.15) is 0 Å². The summed E-state index contributed by atoms with van der Waals surface area (Å²) in [6.45, 7) is 4.00. The van der Waals surface area contributed by atoms with Gasteiger partial charge in [-0.3, -0.25) is 0 Å². The second-order valence-electron chi connectivity index (χ2n) is 2.30. The summed E-state index contributed by atoms with van der Waals surface area (Å²) in [4.78, 5) is 0. The Hall–Kier alpha value is -0.0100. The summed E-state index contributed by atoms with van der Waals surface area (Å²) in [6.07, 6.45) is 0. The Morgan fingerprint density at radius 2 is 1.90 bits per heavy atom. The molecule has 0 heterocycles. The summed E-state index contributed by atoms with van der Waals surface area (Å²) in [5, 5.41) is 0.856. The molecule has 0 N–H and O–H groups in total. The maximum absolute atomic E-state index is 5.95. The summed E-state index contributed by atoms with van der Waals surface area (Å²) in [5.74, 6) is 0. The first kappa shape index (κ1) is 8.09. The van der Waals surface area contributed by atoms with E-state index in [1.165, 1.54) is 0 Å². The first-order valence-corrected chi connectivity index (χ1v) is 4.21. The first-order valence-electron chi connectivity index (χ1n) is 3.04. The molecule has 54 valence electrons. The van der Waals surface area contributed by atoms with E-state index in [2.05, 4.69) is 15.9 Å². The van der Waals surface area contributed by atoms with Crippen molar-refractivity contribution in [1.82, 2.24) is 0 Å². The lowest BCUT2D eigenvalue weighted by Gasteiger charge is -2.02. The van der Waals surface area contributed by atoms with Gasteiger partial charge < -0.3 is 0 Å². The third kappa shape index (κ3) is 1.35. The van der Waals surface area contributed by atoms with Crippen LogP contribution in [-0.2, 0) is 0 Å². The van der Waals surface area contributed by atoms with Gasteiger partial charge in [0.1, 0.15) is 0 Å². The number of benzene rings is 1. The predicted molar refractivity (Wildman–Crippen MR) is 48.6 cm³/mol. The van der Waals surface area contributed by atoms with Gasteiger partial charge in [0.05, 0.1) is 0 Å². The van der Waals surface area contributed by atoms with Gasteiger partial charge in [-0.25, -0.2) is 0 Å². The normalized spacial score (nSPS) is 10.0. The van der Waals surface area contributed by atoms with Crippen molar-refractivity contribution in [3.63, 3.8) is 0 Å². The van der Waals surface area contributed by atoms with E-state index in [0.717, 1.165) is 20.6 Å². The van der Waals surface area contributed by atoms with E-state index >= 15 is 0 Å². The van der Waals surface area contributed by atoms with Crippen LogP contribution in [-0.4, -0.2) is 0 Å². The van der Waals surface area contributed by atoms with E-state index < -0.39 is 0 Å². The van der Waals surface area contributed by atoms with Crippen LogP contribution < -0.4 is 0 Å². The predicted octanol–water partition coefficient (Wildman–Crippen LogP) is 3.72. The highest BCUT2D eigenvalue weighted by atomic mass is 79.9. The molecule has 0 unspecified atom stereocenters. The summed E-state index contributed by atoms with van der Waals surface area (Å²) in [7, 11) is 0. The van der Waals surface area contributed by atoms with Gasteiger partial charge in [0, 0.05) is 9.50 Å². The van der Waals surface area contributed by atoms with E-state index in [-0.39, 0.29) is 0 Å². The van der Waals surface area contributed by atoms with Gasteiger partial charge in [-0.1, -0.05) is 33.6 Å². The molecule has 0 aliphatic carbocycles. The Balaban J connectivity index is 3.34. The van der Waals surface area contributed by atoms with Gasteiger partial charge in [0.2, 0.25) is 0 Å². The molecule has 0 aliphatic heterocycles. The lowest BCUT2D eigenvalue weighted by atomic mass is 10.2. The molecule has 1 aromatic rings. The Labute approximate surface area is 74.3 Å². The molecule has 2 heteroatoms. The zero-order chi connectivity index (χ0) is 7.72. The van der Waals surface area contributed by atoms with Crippen molar-refractivity contribution in [2.45, 2.75) is 13.8 Å². The van der Waals surface area contributed by atoms with Crippen molar-refractivity contribution >= 4 is 27.5 Å². The van der Waals surface area contributed by atoms with Gasteiger partial charge in [-0.15, -0.1) is 0 Å². The van der Waals surface area contributed by atoms with Crippen molar-refractivity contribution < 1.29 is 0 Å². The maximum Gasteiger partial charge on any atom is 0.0475 e. The van der Waals surface area contributed by atoms with Gasteiger partial charge >= 0.3 is 0 Å². The topological polar surface area (TPSA) is 0 Å². The van der Waals surface area contributed by atoms with Gasteiger partial charge in [0.25, 0.3) is 0 Å². The van der Waals surface area contributed by atoms with Crippen LogP contribution in [0.1, 0.15) is 11.1 Å². The SMILES string of the molecule is Cc1ccc(Br)c(C)c1Cl. The zero-order valence-corrected chi connectivity index (χ0v) is 8.25. The van der Waals surface area contributed by atoms with Crippen LogP contribution in [0.3, 0.4) is 0 Å². The van der Waals surface area contributed by atoms with Crippen LogP contribution in [0.4, 0.5) is 0 Å².